The van der Waals surface area contributed by atoms with Crippen molar-refractivity contribution in [3.05, 3.63) is 22.4 Å². The van der Waals surface area contributed by atoms with Gasteiger partial charge in [0.25, 0.3) is 0 Å². The van der Waals surface area contributed by atoms with Gasteiger partial charge in [-0.05, 0) is 11.4 Å². The summed E-state index contributed by atoms with van der Waals surface area (Å²) in [6.07, 6.45) is 0. The van der Waals surface area contributed by atoms with E-state index in [0.29, 0.717) is 19.6 Å². The minimum absolute atomic E-state index is 0.0473. The Labute approximate surface area is 123 Å². The van der Waals surface area contributed by atoms with Crippen LogP contribution >= 0.6 is 11.3 Å². The van der Waals surface area contributed by atoms with Crippen LogP contribution in [0.1, 0.15) is 25.6 Å². The Morgan fingerprint density at radius 2 is 2.15 bits per heavy atom. The van der Waals surface area contributed by atoms with E-state index in [4.69, 9.17) is 0 Å². The monoisotopic (exact) mass is 295 g/mol. The van der Waals surface area contributed by atoms with Gasteiger partial charge in [-0.1, -0.05) is 19.9 Å². The van der Waals surface area contributed by atoms with Crippen molar-refractivity contribution in [2.75, 3.05) is 19.6 Å². The standard InChI is InChI=1S/C14H21N3O2S/c1-10(18)16-11-7-17(8-11)13(19)15-9-14(2,3)12-5-4-6-20-12/h4-6,11H,7-9H2,1-3H3,(H,15,19)(H,16,18). The SMILES string of the molecule is CC(=O)NC1CN(C(=O)NCC(C)(C)c2cccs2)C1. The summed E-state index contributed by atoms with van der Waals surface area (Å²) in [4.78, 5) is 25.8. The lowest BCUT2D eigenvalue weighted by Gasteiger charge is -2.39. The predicted molar refractivity (Wildman–Crippen MR) is 79.9 cm³/mol. The van der Waals surface area contributed by atoms with E-state index >= 15 is 0 Å². The fourth-order valence-electron chi connectivity index (χ4n) is 2.18. The van der Waals surface area contributed by atoms with E-state index in [1.807, 2.05) is 11.4 Å². The Morgan fingerprint density at radius 1 is 1.45 bits per heavy atom. The maximum Gasteiger partial charge on any atom is 0.317 e. The van der Waals surface area contributed by atoms with E-state index in [9.17, 15) is 9.59 Å². The van der Waals surface area contributed by atoms with Crippen LogP contribution in [-0.4, -0.2) is 42.5 Å². The molecule has 0 spiro atoms. The molecule has 1 aromatic heterocycles. The van der Waals surface area contributed by atoms with E-state index in [1.54, 1.807) is 16.2 Å². The van der Waals surface area contributed by atoms with Gasteiger partial charge in [-0.3, -0.25) is 4.79 Å². The van der Waals surface area contributed by atoms with Crippen molar-refractivity contribution in [1.29, 1.82) is 0 Å². The molecule has 20 heavy (non-hydrogen) atoms. The minimum atomic E-state index is -0.0638. The lowest BCUT2D eigenvalue weighted by atomic mass is 9.91. The first-order valence-electron chi connectivity index (χ1n) is 6.72. The number of carbonyl (C=O) groups is 2. The predicted octanol–water partition coefficient (Wildman–Crippen LogP) is 1.56. The van der Waals surface area contributed by atoms with Crippen molar-refractivity contribution in [1.82, 2.24) is 15.5 Å². The molecule has 1 fully saturated rings. The molecule has 1 aliphatic rings. The number of nitrogens with zero attached hydrogens (tertiary/aromatic N) is 1. The fourth-order valence-corrected chi connectivity index (χ4v) is 3.03. The van der Waals surface area contributed by atoms with E-state index in [0.717, 1.165) is 0 Å². The third kappa shape index (κ3) is 3.50. The van der Waals surface area contributed by atoms with Gasteiger partial charge < -0.3 is 15.5 Å². The number of likely N-dealkylation sites (tertiary alicyclic amines) is 1. The Hall–Kier alpha value is -1.56. The minimum Gasteiger partial charge on any atom is -0.350 e. The molecular weight excluding hydrogens is 274 g/mol. The highest BCUT2D eigenvalue weighted by atomic mass is 32.1. The first kappa shape index (κ1) is 14.8. The summed E-state index contributed by atoms with van der Waals surface area (Å²) < 4.78 is 0. The van der Waals surface area contributed by atoms with Crippen LogP contribution < -0.4 is 10.6 Å². The molecule has 0 aliphatic carbocycles. The van der Waals surface area contributed by atoms with Crippen LogP contribution in [0.25, 0.3) is 0 Å². The van der Waals surface area contributed by atoms with E-state index in [-0.39, 0.29) is 23.4 Å². The quantitative estimate of drug-likeness (QED) is 0.885. The second kappa shape index (κ2) is 5.83. The van der Waals surface area contributed by atoms with Crippen LogP contribution in [0, 0.1) is 0 Å². The molecule has 0 aromatic carbocycles. The van der Waals surface area contributed by atoms with Gasteiger partial charge in [0.15, 0.2) is 0 Å². The van der Waals surface area contributed by atoms with Crippen LogP contribution in [-0.2, 0) is 10.2 Å². The lowest BCUT2D eigenvalue weighted by Crippen LogP contribution is -2.63. The van der Waals surface area contributed by atoms with Crippen molar-refractivity contribution >= 4 is 23.3 Å². The Balaban J connectivity index is 1.75. The molecule has 1 aliphatic heterocycles. The molecular formula is C14H21N3O2S. The van der Waals surface area contributed by atoms with Gasteiger partial charge in [0.2, 0.25) is 5.91 Å². The van der Waals surface area contributed by atoms with Gasteiger partial charge >= 0.3 is 6.03 Å². The van der Waals surface area contributed by atoms with Gasteiger partial charge in [0, 0.05) is 36.9 Å². The van der Waals surface area contributed by atoms with Crippen LogP contribution in [0.2, 0.25) is 0 Å². The first-order valence-corrected chi connectivity index (χ1v) is 7.60. The average Bonchev–Trinajstić information content (AvgIpc) is 2.84. The summed E-state index contributed by atoms with van der Waals surface area (Å²) in [5.41, 5.74) is -0.0638. The number of hydrogen-bond donors (Lipinski definition) is 2. The average molecular weight is 295 g/mol. The molecule has 5 nitrogen and oxygen atoms in total. The van der Waals surface area contributed by atoms with Gasteiger partial charge in [-0.15, -0.1) is 11.3 Å². The Morgan fingerprint density at radius 3 is 2.70 bits per heavy atom. The molecule has 2 N–H and O–H groups in total. The zero-order chi connectivity index (χ0) is 14.8. The van der Waals surface area contributed by atoms with Crippen LogP contribution in [0.15, 0.2) is 17.5 Å². The van der Waals surface area contributed by atoms with Crippen LogP contribution in [0.4, 0.5) is 4.79 Å². The highest BCUT2D eigenvalue weighted by Gasteiger charge is 2.32. The molecule has 0 unspecified atom stereocenters. The smallest absolute Gasteiger partial charge is 0.317 e. The third-order valence-corrected chi connectivity index (χ3v) is 4.68. The van der Waals surface area contributed by atoms with Crippen molar-refractivity contribution in [2.24, 2.45) is 0 Å². The number of amides is 3. The molecule has 2 rings (SSSR count). The van der Waals surface area contributed by atoms with E-state index in [1.165, 1.54) is 11.8 Å². The van der Waals surface area contributed by atoms with Crippen molar-refractivity contribution < 1.29 is 9.59 Å². The number of nitrogens with one attached hydrogen (secondary N) is 2. The molecule has 1 saturated heterocycles. The summed E-state index contributed by atoms with van der Waals surface area (Å²) in [5.74, 6) is -0.0473. The Kier molecular flexibility index (Phi) is 4.32. The normalized spacial score (nSPS) is 15.7. The number of thiophene rings is 1. The maximum atomic E-state index is 12.0. The van der Waals surface area contributed by atoms with Crippen molar-refractivity contribution in [2.45, 2.75) is 32.2 Å². The largest absolute Gasteiger partial charge is 0.350 e. The summed E-state index contributed by atoms with van der Waals surface area (Å²) in [6, 6.07) is 4.16. The van der Waals surface area contributed by atoms with Crippen molar-refractivity contribution in [3.8, 4) is 0 Å². The fraction of sp³-hybridized carbons (Fsp3) is 0.571. The highest BCUT2D eigenvalue weighted by Crippen LogP contribution is 2.26. The lowest BCUT2D eigenvalue weighted by molar-refractivity contribution is -0.120. The zero-order valence-corrected chi connectivity index (χ0v) is 12.9. The first-order chi connectivity index (χ1) is 9.38. The number of rotatable bonds is 4. The molecule has 0 saturated carbocycles. The second-order valence-electron chi connectivity index (χ2n) is 5.82. The molecule has 110 valence electrons. The third-order valence-electron chi connectivity index (χ3n) is 3.45. The van der Waals surface area contributed by atoms with Gasteiger partial charge in [0.1, 0.15) is 0 Å². The van der Waals surface area contributed by atoms with Gasteiger partial charge in [-0.25, -0.2) is 4.79 Å². The molecule has 0 radical (unpaired) electrons. The highest BCUT2D eigenvalue weighted by molar-refractivity contribution is 7.10. The summed E-state index contributed by atoms with van der Waals surface area (Å²) in [5, 5.41) is 7.82. The summed E-state index contributed by atoms with van der Waals surface area (Å²) in [6.45, 7) is 7.51. The van der Waals surface area contributed by atoms with E-state index in [2.05, 4.69) is 30.5 Å². The molecule has 3 amide bonds. The zero-order valence-electron chi connectivity index (χ0n) is 12.1. The summed E-state index contributed by atoms with van der Waals surface area (Å²) >= 11 is 1.70. The number of carbonyl (C=O) groups excluding carboxylic acids is 2. The molecule has 1 aromatic rings. The Bertz CT molecular complexity index is 479. The number of urea groups is 1. The van der Waals surface area contributed by atoms with Gasteiger partial charge in [-0.2, -0.15) is 0 Å². The van der Waals surface area contributed by atoms with E-state index < -0.39 is 0 Å². The molecule has 0 atom stereocenters. The topological polar surface area (TPSA) is 61.4 Å². The van der Waals surface area contributed by atoms with Crippen LogP contribution in [0.3, 0.4) is 0 Å². The van der Waals surface area contributed by atoms with Crippen LogP contribution in [0.5, 0.6) is 0 Å². The second-order valence-corrected chi connectivity index (χ2v) is 6.77. The molecule has 0 bridgehead atoms. The molecule has 2 heterocycles. The number of hydrogen-bond acceptors (Lipinski definition) is 3. The summed E-state index contributed by atoms with van der Waals surface area (Å²) in [7, 11) is 0. The van der Waals surface area contributed by atoms with Crippen molar-refractivity contribution in [3.63, 3.8) is 0 Å². The van der Waals surface area contributed by atoms with Gasteiger partial charge in [0.05, 0.1) is 6.04 Å². The maximum absolute atomic E-state index is 12.0. The molecule has 6 heteroatoms.